The van der Waals surface area contributed by atoms with Crippen molar-refractivity contribution in [1.29, 1.82) is 0 Å². The molecule has 8 nitrogen and oxygen atoms in total. The third-order valence-corrected chi connectivity index (χ3v) is 4.57. The van der Waals surface area contributed by atoms with Crippen molar-refractivity contribution in [3.8, 4) is 0 Å². The number of nitrogens with zero attached hydrogens (tertiary/aromatic N) is 4. The fourth-order valence-electron chi connectivity index (χ4n) is 3.19. The Bertz CT molecular complexity index is 1240. The molecule has 4 aromatic rings. The molecule has 0 aliphatic carbocycles. The van der Waals surface area contributed by atoms with E-state index in [0.717, 1.165) is 5.69 Å². The van der Waals surface area contributed by atoms with Gasteiger partial charge in [0.25, 0.3) is 11.5 Å². The van der Waals surface area contributed by atoms with Gasteiger partial charge in [-0.3, -0.25) is 19.4 Å². The molecule has 0 aliphatic rings. The highest BCUT2D eigenvalue weighted by atomic mass is 19.1. The van der Waals surface area contributed by atoms with E-state index in [-0.39, 0.29) is 29.4 Å². The fraction of sp³-hybridized carbons (Fsp3) is 0.200. The molecule has 1 aromatic carbocycles. The quantitative estimate of drug-likeness (QED) is 0.540. The second kappa shape index (κ2) is 7.34. The van der Waals surface area contributed by atoms with Gasteiger partial charge in [-0.05, 0) is 30.7 Å². The molecule has 0 bridgehead atoms. The summed E-state index contributed by atoms with van der Waals surface area (Å²) >= 11 is 0. The Hall–Kier alpha value is -3.75. The molecule has 148 valence electrons. The van der Waals surface area contributed by atoms with Crippen molar-refractivity contribution in [3.05, 3.63) is 87.5 Å². The van der Waals surface area contributed by atoms with E-state index < -0.39 is 6.04 Å². The number of halogens is 1. The summed E-state index contributed by atoms with van der Waals surface area (Å²) in [4.78, 5) is 29.5. The number of hydrogen-bond acceptors (Lipinski definition) is 4. The summed E-state index contributed by atoms with van der Waals surface area (Å²) in [5.41, 5.74) is 2.55. The first-order chi connectivity index (χ1) is 13.9. The first-order valence-corrected chi connectivity index (χ1v) is 9.03. The zero-order valence-corrected chi connectivity index (χ0v) is 15.9. The van der Waals surface area contributed by atoms with Crippen molar-refractivity contribution in [2.45, 2.75) is 19.4 Å². The SMILES string of the molecule is Cc1cc2nc(C[C@H](NC(=O)c3ccn(C)n3)c3ccc(F)cc3)cc(=O)n2[nH]1. The van der Waals surface area contributed by atoms with Crippen molar-refractivity contribution >= 4 is 11.6 Å². The Morgan fingerprint density at radius 2 is 2.00 bits per heavy atom. The molecule has 3 heterocycles. The van der Waals surface area contributed by atoms with E-state index in [4.69, 9.17) is 0 Å². The van der Waals surface area contributed by atoms with Crippen LogP contribution in [0.15, 0.2) is 53.5 Å². The van der Waals surface area contributed by atoms with Crippen molar-refractivity contribution in [2.24, 2.45) is 7.05 Å². The lowest BCUT2D eigenvalue weighted by molar-refractivity contribution is 0.0930. The number of aromatic nitrogens is 5. The van der Waals surface area contributed by atoms with Gasteiger partial charge in [-0.15, -0.1) is 0 Å². The van der Waals surface area contributed by atoms with Gasteiger partial charge in [-0.2, -0.15) is 5.10 Å². The molecule has 4 rings (SSSR count). The summed E-state index contributed by atoms with van der Waals surface area (Å²) in [6.07, 6.45) is 1.94. The molecule has 29 heavy (non-hydrogen) atoms. The minimum atomic E-state index is -0.514. The normalized spacial score (nSPS) is 12.2. The van der Waals surface area contributed by atoms with Crippen molar-refractivity contribution in [1.82, 2.24) is 29.7 Å². The number of carbonyl (C=O) groups excluding carboxylic acids is 1. The number of carbonyl (C=O) groups is 1. The average Bonchev–Trinajstić information content (AvgIpc) is 3.27. The summed E-state index contributed by atoms with van der Waals surface area (Å²) < 4.78 is 16.3. The lowest BCUT2D eigenvalue weighted by Crippen LogP contribution is -2.31. The molecule has 2 N–H and O–H groups in total. The van der Waals surface area contributed by atoms with E-state index in [1.807, 2.05) is 6.92 Å². The topological polar surface area (TPSA) is 97.1 Å². The zero-order chi connectivity index (χ0) is 20.5. The summed E-state index contributed by atoms with van der Waals surface area (Å²) in [5.74, 6) is -0.737. The van der Waals surface area contributed by atoms with Crippen LogP contribution >= 0.6 is 0 Å². The molecule has 9 heteroatoms. The number of nitrogens with one attached hydrogen (secondary N) is 2. The standard InChI is InChI=1S/C20H19FN6O2/c1-12-9-18-22-15(11-19(28)27(18)24-12)10-17(13-3-5-14(21)6-4-13)23-20(29)16-7-8-26(2)25-16/h3-9,11,17,24H,10H2,1-2H3,(H,23,29)/t17-/m0/s1. The molecule has 1 amide bonds. The molecular formula is C20H19FN6O2. The second-order valence-corrected chi connectivity index (χ2v) is 6.87. The molecule has 0 unspecified atom stereocenters. The first kappa shape index (κ1) is 18.6. The minimum Gasteiger partial charge on any atom is -0.343 e. The molecule has 0 radical (unpaired) electrons. The number of fused-ring (bicyclic) bond motifs is 1. The molecule has 3 aromatic heterocycles. The Morgan fingerprint density at radius 3 is 2.69 bits per heavy atom. The summed E-state index contributed by atoms with van der Waals surface area (Å²) in [6, 6.07) is 10.1. The maximum atomic E-state index is 13.4. The van der Waals surface area contributed by atoms with Crippen LogP contribution in [-0.4, -0.2) is 30.3 Å². The summed E-state index contributed by atoms with van der Waals surface area (Å²) in [7, 11) is 1.72. The van der Waals surface area contributed by atoms with Crippen LogP contribution in [0.2, 0.25) is 0 Å². The number of H-pyrrole nitrogens is 1. The molecule has 0 fully saturated rings. The Kier molecular flexibility index (Phi) is 4.71. The molecule has 0 saturated heterocycles. The maximum absolute atomic E-state index is 13.4. The first-order valence-electron chi connectivity index (χ1n) is 9.03. The Morgan fingerprint density at radius 1 is 1.24 bits per heavy atom. The zero-order valence-electron chi connectivity index (χ0n) is 15.9. The van der Waals surface area contributed by atoms with Crippen molar-refractivity contribution in [2.75, 3.05) is 0 Å². The highest BCUT2D eigenvalue weighted by Crippen LogP contribution is 2.19. The lowest BCUT2D eigenvalue weighted by Gasteiger charge is -2.18. The molecule has 0 spiro atoms. The number of benzene rings is 1. The highest BCUT2D eigenvalue weighted by Gasteiger charge is 2.19. The van der Waals surface area contributed by atoms with Crippen LogP contribution in [0.3, 0.4) is 0 Å². The van der Waals surface area contributed by atoms with Crippen LogP contribution in [0, 0.1) is 12.7 Å². The van der Waals surface area contributed by atoms with Gasteiger partial charge in [0.15, 0.2) is 5.65 Å². The van der Waals surface area contributed by atoms with E-state index in [2.05, 4.69) is 20.5 Å². The largest absolute Gasteiger partial charge is 0.343 e. The van der Waals surface area contributed by atoms with Gasteiger partial charge in [-0.1, -0.05) is 12.1 Å². The van der Waals surface area contributed by atoms with Gasteiger partial charge in [0.1, 0.15) is 11.5 Å². The van der Waals surface area contributed by atoms with Gasteiger partial charge in [-0.25, -0.2) is 13.9 Å². The fourth-order valence-corrected chi connectivity index (χ4v) is 3.19. The van der Waals surface area contributed by atoms with Crippen LogP contribution in [-0.2, 0) is 13.5 Å². The number of amides is 1. The Labute approximate surface area is 165 Å². The smallest absolute Gasteiger partial charge is 0.272 e. The molecule has 0 saturated carbocycles. The second-order valence-electron chi connectivity index (χ2n) is 6.87. The third-order valence-electron chi connectivity index (χ3n) is 4.57. The third kappa shape index (κ3) is 3.93. The van der Waals surface area contributed by atoms with Gasteiger partial charge < -0.3 is 5.32 Å². The van der Waals surface area contributed by atoms with E-state index in [1.165, 1.54) is 27.4 Å². The number of aryl methyl sites for hydroxylation is 2. The van der Waals surface area contributed by atoms with Gasteiger partial charge >= 0.3 is 0 Å². The van der Waals surface area contributed by atoms with Crippen LogP contribution in [0.1, 0.15) is 33.5 Å². The summed E-state index contributed by atoms with van der Waals surface area (Å²) in [6.45, 7) is 1.84. The number of hydrogen-bond donors (Lipinski definition) is 2. The monoisotopic (exact) mass is 394 g/mol. The molecule has 0 aliphatic heterocycles. The number of aromatic amines is 1. The van der Waals surface area contributed by atoms with Crippen LogP contribution < -0.4 is 10.9 Å². The molecule has 1 atom stereocenters. The van der Waals surface area contributed by atoms with Gasteiger partial charge in [0.05, 0.1) is 11.7 Å². The highest BCUT2D eigenvalue weighted by molar-refractivity contribution is 5.92. The molecular weight excluding hydrogens is 375 g/mol. The maximum Gasteiger partial charge on any atom is 0.272 e. The van der Waals surface area contributed by atoms with Crippen LogP contribution in [0.5, 0.6) is 0 Å². The predicted octanol–water partition coefficient (Wildman–Crippen LogP) is 1.92. The van der Waals surface area contributed by atoms with E-state index >= 15 is 0 Å². The van der Waals surface area contributed by atoms with E-state index in [0.29, 0.717) is 16.9 Å². The van der Waals surface area contributed by atoms with Crippen LogP contribution in [0.4, 0.5) is 4.39 Å². The lowest BCUT2D eigenvalue weighted by atomic mass is 10.0. The van der Waals surface area contributed by atoms with E-state index in [9.17, 15) is 14.0 Å². The summed E-state index contributed by atoms with van der Waals surface area (Å²) in [5, 5.41) is 9.94. The van der Waals surface area contributed by atoms with Crippen molar-refractivity contribution in [3.63, 3.8) is 0 Å². The van der Waals surface area contributed by atoms with Crippen molar-refractivity contribution < 1.29 is 9.18 Å². The van der Waals surface area contributed by atoms with Crippen LogP contribution in [0.25, 0.3) is 5.65 Å². The predicted molar refractivity (Wildman–Crippen MR) is 104 cm³/mol. The van der Waals surface area contributed by atoms with Gasteiger partial charge in [0.2, 0.25) is 0 Å². The average molecular weight is 394 g/mol. The van der Waals surface area contributed by atoms with Gasteiger partial charge in [0, 0.05) is 37.5 Å². The number of rotatable bonds is 5. The van der Waals surface area contributed by atoms with E-state index in [1.54, 1.807) is 37.5 Å². The minimum absolute atomic E-state index is 0.244. The Balaban J connectivity index is 1.67.